The zero-order valence-electron chi connectivity index (χ0n) is 12.2. The van der Waals surface area contributed by atoms with Crippen molar-refractivity contribution >= 4 is 17.5 Å². The molecule has 0 aliphatic rings. The van der Waals surface area contributed by atoms with Crippen LogP contribution in [0.4, 0.5) is 11.6 Å². The largest absolute Gasteiger partial charge is 0.373 e. The summed E-state index contributed by atoms with van der Waals surface area (Å²) < 4.78 is 0. The molecular formula is C13H23N5O. The van der Waals surface area contributed by atoms with Gasteiger partial charge in [0.05, 0.1) is 0 Å². The molecule has 1 aromatic heterocycles. The van der Waals surface area contributed by atoms with E-state index in [4.69, 9.17) is 5.73 Å². The summed E-state index contributed by atoms with van der Waals surface area (Å²) >= 11 is 0. The first-order chi connectivity index (χ1) is 8.88. The molecule has 106 valence electrons. The second-order valence-corrected chi connectivity index (χ2v) is 5.16. The molecule has 19 heavy (non-hydrogen) atoms. The maximum Gasteiger partial charge on any atom is 0.240 e. The number of anilines is 2. The summed E-state index contributed by atoms with van der Waals surface area (Å²) in [6.07, 6.45) is 1.47. The van der Waals surface area contributed by atoms with Gasteiger partial charge in [-0.2, -0.15) is 0 Å². The van der Waals surface area contributed by atoms with Crippen molar-refractivity contribution in [3.8, 4) is 0 Å². The maximum atomic E-state index is 11.5. The summed E-state index contributed by atoms with van der Waals surface area (Å²) in [5.74, 6) is 1.36. The van der Waals surface area contributed by atoms with Crippen LogP contribution in [0.25, 0.3) is 0 Å². The second kappa shape index (κ2) is 6.36. The maximum absolute atomic E-state index is 11.5. The number of carbonyl (C=O) groups excluding carboxylic acids is 1. The lowest BCUT2D eigenvalue weighted by molar-refractivity contribution is -0.119. The Morgan fingerprint density at radius 1 is 1.21 bits per heavy atom. The fourth-order valence-corrected chi connectivity index (χ4v) is 1.97. The fourth-order valence-electron chi connectivity index (χ4n) is 1.97. The molecule has 0 fully saturated rings. The quantitative estimate of drug-likeness (QED) is 0.726. The van der Waals surface area contributed by atoms with E-state index in [1.807, 2.05) is 20.9 Å². The number of carbonyl (C=O) groups is 1. The van der Waals surface area contributed by atoms with Gasteiger partial charge >= 0.3 is 0 Å². The number of nitrogens with zero attached hydrogens (tertiary/aromatic N) is 2. The molecule has 0 saturated heterocycles. The van der Waals surface area contributed by atoms with Gasteiger partial charge in [-0.15, -0.1) is 0 Å². The third-order valence-electron chi connectivity index (χ3n) is 2.96. The molecule has 1 amide bonds. The van der Waals surface area contributed by atoms with Crippen LogP contribution in [0.3, 0.4) is 0 Å². The summed E-state index contributed by atoms with van der Waals surface area (Å²) in [5, 5.41) is 6.18. The van der Waals surface area contributed by atoms with Crippen LogP contribution in [0.5, 0.6) is 0 Å². The highest BCUT2D eigenvalue weighted by Gasteiger charge is 2.23. The van der Waals surface area contributed by atoms with E-state index in [9.17, 15) is 4.79 Å². The van der Waals surface area contributed by atoms with Crippen LogP contribution >= 0.6 is 0 Å². The standard InChI is InChI=1S/C13H23N5O/c1-7(2)9-12(15-5)16-6-17-13(9)18-10(8(3)4)11(14)19/h6-8,10H,1-5H3,(H2,14,19)(H2,15,16,17,18). The molecule has 1 atom stereocenters. The number of hydrogen-bond acceptors (Lipinski definition) is 5. The van der Waals surface area contributed by atoms with Gasteiger partial charge in [0.1, 0.15) is 24.0 Å². The monoisotopic (exact) mass is 265 g/mol. The lowest BCUT2D eigenvalue weighted by Gasteiger charge is -2.23. The lowest BCUT2D eigenvalue weighted by Crippen LogP contribution is -2.40. The van der Waals surface area contributed by atoms with Crippen LogP contribution in [-0.4, -0.2) is 29.0 Å². The number of rotatable bonds is 6. The molecule has 1 heterocycles. The summed E-state index contributed by atoms with van der Waals surface area (Å²) in [6.45, 7) is 7.99. The van der Waals surface area contributed by atoms with Gasteiger partial charge in [0.2, 0.25) is 5.91 Å². The first kappa shape index (κ1) is 15.2. The summed E-state index contributed by atoms with van der Waals surface area (Å²) in [7, 11) is 1.81. The van der Waals surface area contributed by atoms with Crippen LogP contribution in [0.1, 0.15) is 39.2 Å². The molecule has 0 spiro atoms. The lowest BCUT2D eigenvalue weighted by atomic mass is 10.0. The molecule has 6 heteroatoms. The Labute approximate surface area is 114 Å². The Morgan fingerprint density at radius 2 is 1.79 bits per heavy atom. The number of hydrogen-bond donors (Lipinski definition) is 3. The Morgan fingerprint density at radius 3 is 2.21 bits per heavy atom. The molecular weight excluding hydrogens is 242 g/mol. The van der Waals surface area contributed by atoms with Gasteiger partial charge in [-0.25, -0.2) is 9.97 Å². The molecule has 0 bridgehead atoms. The summed E-state index contributed by atoms with van der Waals surface area (Å²) in [6, 6.07) is -0.447. The number of aromatic nitrogens is 2. The van der Waals surface area contributed by atoms with Crippen molar-refractivity contribution in [2.45, 2.75) is 39.7 Å². The highest BCUT2D eigenvalue weighted by Crippen LogP contribution is 2.28. The third-order valence-corrected chi connectivity index (χ3v) is 2.96. The van der Waals surface area contributed by atoms with E-state index >= 15 is 0 Å². The molecule has 1 unspecified atom stereocenters. The van der Waals surface area contributed by atoms with E-state index in [-0.39, 0.29) is 17.7 Å². The molecule has 0 aromatic carbocycles. The normalized spacial score (nSPS) is 12.6. The number of primary amides is 1. The first-order valence-corrected chi connectivity index (χ1v) is 6.47. The first-order valence-electron chi connectivity index (χ1n) is 6.47. The van der Waals surface area contributed by atoms with Crippen LogP contribution < -0.4 is 16.4 Å². The average molecular weight is 265 g/mol. The number of nitrogens with one attached hydrogen (secondary N) is 2. The van der Waals surface area contributed by atoms with Gasteiger partial charge < -0.3 is 16.4 Å². The minimum atomic E-state index is -0.447. The van der Waals surface area contributed by atoms with Crippen LogP contribution in [0, 0.1) is 5.92 Å². The average Bonchev–Trinajstić information content (AvgIpc) is 2.34. The smallest absolute Gasteiger partial charge is 0.240 e. The van der Waals surface area contributed by atoms with Gasteiger partial charge in [0, 0.05) is 12.6 Å². The molecule has 4 N–H and O–H groups in total. The zero-order chi connectivity index (χ0) is 14.6. The predicted octanol–water partition coefficient (Wildman–Crippen LogP) is 1.56. The van der Waals surface area contributed by atoms with Crippen LogP contribution in [0.15, 0.2) is 6.33 Å². The topological polar surface area (TPSA) is 92.9 Å². The van der Waals surface area contributed by atoms with Gasteiger partial charge in [-0.3, -0.25) is 4.79 Å². The van der Waals surface area contributed by atoms with Crippen molar-refractivity contribution in [2.75, 3.05) is 17.7 Å². The Bertz CT molecular complexity index is 445. The van der Waals surface area contributed by atoms with Crippen molar-refractivity contribution in [2.24, 2.45) is 11.7 Å². The Hall–Kier alpha value is -1.85. The van der Waals surface area contributed by atoms with Crippen molar-refractivity contribution in [3.63, 3.8) is 0 Å². The molecule has 0 radical (unpaired) electrons. The molecule has 6 nitrogen and oxygen atoms in total. The van der Waals surface area contributed by atoms with E-state index in [0.717, 1.165) is 11.4 Å². The SMILES string of the molecule is CNc1ncnc(NC(C(N)=O)C(C)C)c1C(C)C. The third kappa shape index (κ3) is 3.56. The van der Waals surface area contributed by atoms with Gasteiger partial charge in [-0.1, -0.05) is 27.7 Å². The summed E-state index contributed by atoms with van der Waals surface area (Å²) in [4.78, 5) is 19.9. The van der Waals surface area contributed by atoms with Crippen LogP contribution in [-0.2, 0) is 4.79 Å². The van der Waals surface area contributed by atoms with Gasteiger partial charge in [0.15, 0.2) is 0 Å². The van der Waals surface area contributed by atoms with E-state index in [1.54, 1.807) is 0 Å². The van der Waals surface area contributed by atoms with E-state index in [2.05, 4.69) is 34.4 Å². The second-order valence-electron chi connectivity index (χ2n) is 5.16. The van der Waals surface area contributed by atoms with E-state index in [1.165, 1.54) is 6.33 Å². The van der Waals surface area contributed by atoms with Gasteiger partial charge in [0.25, 0.3) is 0 Å². The van der Waals surface area contributed by atoms with Crippen LogP contribution in [0.2, 0.25) is 0 Å². The Balaban J connectivity index is 3.16. The predicted molar refractivity (Wildman–Crippen MR) is 77.1 cm³/mol. The minimum Gasteiger partial charge on any atom is -0.373 e. The number of nitrogens with two attached hydrogens (primary N) is 1. The minimum absolute atomic E-state index is 0.0884. The molecule has 0 saturated carbocycles. The molecule has 1 rings (SSSR count). The van der Waals surface area contributed by atoms with Crippen molar-refractivity contribution in [1.29, 1.82) is 0 Å². The molecule has 0 aliphatic heterocycles. The van der Waals surface area contributed by atoms with E-state index in [0.29, 0.717) is 5.82 Å². The van der Waals surface area contributed by atoms with Crippen molar-refractivity contribution in [1.82, 2.24) is 9.97 Å². The number of amides is 1. The molecule has 0 aliphatic carbocycles. The van der Waals surface area contributed by atoms with E-state index < -0.39 is 6.04 Å². The summed E-state index contributed by atoms with van der Waals surface area (Å²) in [5.41, 5.74) is 6.38. The van der Waals surface area contributed by atoms with Crippen molar-refractivity contribution < 1.29 is 4.79 Å². The Kier molecular flexibility index (Phi) is 5.09. The zero-order valence-corrected chi connectivity index (χ0v) is 12.2. The van der Waals surface area contributed by atoms with Gasteiger partial charge in [-0.05, 0) is 11.8 Å². The van der Waals surface area contributed by atoms with Crippen molar-refractivity contribution in [3.05, 3.63) is 11.9 Å². The fraction of sp³-hybridized carbons (Fsp3) is 0.615. The highest BCUT2D eigenvalue weighted by molar-refractivity contribution is 5.83. The highest BCUT2D eigenvalue weighted by atomic mass is 16.1. The molecule has 1 aromatic rings.